The van der Waals surface area contributed by atoms with Crippen molar-refractivity contribution >= 4 is 17.5 Å². The quantitative estimate of drug-likeness (QED) is 0.847. The first-order valence-electron chi connectivity index (χ1n) is 6.80. The van der Waals surface area contributed by atoms with Crippen LogP contribution in [-0.4, -0.2) is 34.5 Å². The first-order valence-corrected chi connectivity index (χ1v) is 6.80. The molecule has 0 radical (unpaired) electrons. The molecule has 1 N–H and O–H groups in total. The minimum atomic E-state index is -0.175. The largest absolute Gasteiger partial charge is 0.345 e. The van der Waals surface area contributed by atoms with Gasteiger partial charge in [-0.25, -0.2) is 4.98 Å². The van der Waals surface area contributed by atoms with Crippen LogP contribution in [0.2, 0.25) is 0 Å². The maximum atomic E-state index is 11.8. The van der Waals surface area contributed by atoms with E-state index in [1.54, 1.807) is 12.1 Å². The van der Waals surface area contributed by atoms with Crippen LogP contribution in [0.4, 0.5) is 5.69 Å². The van der Waals surface area contributed by atoms with Gasteiger partial charge in [0.05, 0.1) is 19.4 Å². The zero-order valence-electron chi connectivity index (χ0n) is 11.7. The van der Waals surface area contributed by atoms with Crippen molar-refractivity contribution < 1.29 is 9.59 Å². The second-order valence-corrected chi connectivity index (χ2v) is 4.97. The summed E-state index contributed by atoms with van der Waals surface area (Å²) in [4.78, 5) is 40.2. The summed E-state index contributed by atoms with van der Waals surface area (Å²) in [6.07, 6.45) is 2.93. The van der Waals surface area contributed by atoms with Gasteiger partial charge < -0.3 is 10.2 Å². The molecule has 0 spiro atoms. The fourth-order valence-electron chi connectivity index (χ4n) is 2.27. The topological polar surface area (TPSA) is 84.3 Å². The molecule has 1 fully saturated rings. The molecule has 1 aromatic heterocycles. The molecule has 0 aliphatic carbocycles. The number of rotatable bonds is 3. The number of aromatic nitrogens is 2. The van der Waals surface area contributed by atoms with E-state index in [9.17, 15) is 14.4 Å². The highest BCUT2D eigenvalue weighted by Gasteiger charge is 2.24. The van der Waals surface area contributed by atoms with Gasteiger partial charge in [0.1, 0.15) is 6.54 Å². The van der Waals surface area contributed by atoms with Gasteiger partial charge in [0.2, 0.25) is 11.8 Å². The minimum absolute atomic E-state index is 0.0195. The van der Waals surface area contributed by atoms with E-state index in [0.29, 0.717) is 12.2 Å². The summed E-state index contributed by atoms with van der Waals surface area (Å²) in [5.74, 6) is -0.318. The Morgan fingerprint density at radius 2 is 1.86 bits per heavy atom. The van der Waals surface area contributed by atoms with Gasteiger partial charge in [0, 0.05) is 18.0 Å². The molecule has 7 nitrogen and oxygen atoms in total. The van der Waals surface area contributed by atoms with Crippen LogP contribution in [0.25, 0.3) is 0 Å². The van der Waals surface area contributed by atoms with Crippen molar-refractivity contribution in [2.45, 2.75) is 6.54 Å². The lowest BCUT2D eigenvalue weighted by molar-refractivity contribution is -0.128. The Morgan fingerprint density at radius 3 is 2.59 bits per heavy atom. The number of nitrogens with one attached hydrogen (secondary N) is 1. The highest BCUT2D eigenvalue weighted by molar-refractivity contribution is 6.04. The Balaban J connectivity index is 1.78. The van der Waals surface area contributed by atoms with Gasteiger partial charge in [-0.2, -0.15) is 0 Å². The summed E-state index contributed by atoms with van der Waals surface area (Å²) in [6, 6.07) is 8.60. The molecule has 0 bridgehead atoms. The van der Waals surface area contributed by atoms with Gasteiger partial charge in [0.15, 0.2) is 0 Å². The number of piperazine rings is 1. The molecule has 1 saturated heterocycles. The number of hydrogen-bond acceptors (Lipinski definition) is 4. The van der Waals surface area contributed by atoms with E-state index in [0.717, 1.165) is 5.56 Å². The second kappa shape index (κ2) is 5.80. The molecule has 1 aliphatic rings. The third kappa shape index (κ3) is 2.88. The van der Waals surface area contributed by atoms with E-state index >= 15 is 0 Å². The molecule has 0 unspecified atom stereocenters. The van der Waals surface area contributed by atoms with Crippen LogP contribution < -0.4 is 15.8 Å². The third-order valence-corrected chi connectivity index (χ3v) is 3.43. The normalized spacial score (nSPS) is 14.8. The van der Waals surface area contributed by atoms with Crippen molar-refractivity contribution in [1.29, 1.82) is 0 Å². The van der Waals surface area contributed by atoms with Crippen molar-refractivity contribution in [3.05, 3.63) is 58.8 Å². The first kappa shape index (κ1) is 14.0. The smallest absolute Gasteiger partial charge is 0.253 e. The Bertz CT molecular complexity index is 767. The molecular weight excluding hydrogens is 284 g/mol. The Morgan fingerprint density at radius 1 is 1.09 bits per heavy atom. The van der Waals surface area contributed by atoms with Gasteiger partial charge in [-0.15, -0.1) is 0 Å². The van der Waals surface area contributed by atoms with Crippen LogP contribution in [0.5, 0.6) is 0 Å². The molecule has 2 heterocycles. The lowest BCUT2D eigenvalue weighted by atomic mass is 10.1. The SMILES string of the molecule is O=C1CN(c2ccc(Cn3cnccc3=O)cc2)C(=O)CN1. The molecule has 22 heavy (non-hydrogen) atoms. The average molecular weight is 298 g/mol. The van der Waals surface area contributed by atoms with Crippen LogP contribution in [0.3, 0.4) is 0 Å². The van der Waals surface area contributed by atoms with Crippen LogP contribution in [0, 0.1) is 0 Å². The fraction of sp³-hybridized carbons (Fsp3) is 0.200. The van der Waals surface area contributed by atoms with E-state index in [1.807, 2.05) is 12.1 Å². The maximum Gasteiger partial charge on any atom is 0.253 e. The minimum Gasteiger partial charge on any atom is -0.345 e. The summed E-state index contributed by atoms with van der Waals surface area (Å²) >= 11 is 0. The van der Waals surface area contributed by atoms with Crippen molar-refractivity contribution in [1.82, 2.24) is 14.9 Å². The predicted molar refractivity (Wildman–Crippen MR) is 79.4 cm³/mol. The van der Waals surface area contributed by atoms with Gasteiger partial charge in [-0.05, 0) is 17.7 Å². The van der Waals surface area contributed by atoms with Crippen molar-refractivity contribution in [2.24, 2.45) is 0 Å². The predicted octanol–water partition coefficient (Wildman–Crippen LogP) is -0.246. The highest BCUT2D eigenvalue weighted by atomic mass is 16.2. The Hall–Kier alpha value is -2.96. The van der Waals surface area contributed by atoms with Crippen LogP contribution in [-0.2, 0) is 16.1 Å². The lowest BCUT2D eigenvalue weighted by Gasteiger charge is -2.26. The third-order valence-electron chi connectivity index (χ3n) is 3.43. The molecular formula is C15H14N4O3. The lowest BCUT2D eigenvalue weighted by Crippen LogP contribution is -2.51. The zero-order chi connectivity index (χ0) is 15.5. The molecule has 3 rings (SSSR count). The number of carbonyl (C=O) groups is 2. The van der Waals surface area contributed by atoms with Gasteiger partial charge in [0.25, 0.3) is 5.56 Å². The van der Waals surface area contributed by atoms with Crippen molar-refractivity contribution in [2.75, 3.05) is 18.0 Å². The van der Waals surface area contributed by atoms with Crippen LogP contribution in [0.15, 0.2) is 47.7 Å². The van der Waals surface area contributed by atoms with E-state index in [2.05, 4.69) is 10.3 Å². The number of carbonyl (C=O) groups excluding carboxylic acids is 2. The number of benzene rings is 1. The molecule has 0 saturated carbocycles. The maximum absolute atomic E-state index is 11.8. The Kier molecular flexibility index (Phi) is 3.69. The van der Waals surface area contributed by atoms with Gasteiger partial charge >= 0.3 is 0 Å². The summed E-state index contributed by atoms with van der Waals surface area (Å²) in [5.41, 5.74) is 1.46. The first-order chi connectivity index (χ1) is 10.6. The average Bonchev–Trinajstić information content (AvgIpc) is 2.53. The van der Waals surface area contributed by atoms with Crippen LogP contribution >= 0.6 is 0 Å². The zero-order valence-corrected chi connectivity index (χ0v) is 11.7. The number of nitrogens with zero attached hydrogens (tertiary/aromatic N) is 3. The molecule has 2 aromatic rings. The summed E-state index contributed by atoms with van der Waals surface area (Å²) in [5, 5.41) is 2.51. The fourth-order valence-corrected chi connectivity index (χ4v) is 2.27. The van der Waals surface area contributed by atoms with Crippen molar-refractivity contribution in [3.8, 4) is 0 Å². The summed E-state index contributed by atoms with van der Waals surface area (Å²) in [6.45, 7) is 0.452. The number of anilines is 1. The molecule has 112 valence electrons. The molecule has 1 aliphatic heterocycles. The summed E-state index contributed by atoms with van der Waals surface area (Å²) < 4.78 is 1.49. The van der Waals surface area contributed by atoms with E-state index in [4.69, 9.17) is 0 Å². The second-order valence-electron chi connectivity index (χ2n) is 4.97. The molecule has 7 heteroatoms. The van der Waals surface area contributed by atoms with E-state index < -0.39 is 0 Å². The van der Waals surface area contributed by atoms with E-state index in [-0.39, 0.29) is 30.5 Å². The number of hydrogen-bond donors (Lipinski definition) is 1. The highest BCUT2D eigenvalue weighted by Crippen LogP contribution is 2.17. The van der Waals surface area contributed by atoms with Gasteiger partial charge in [-0.1, -0.05) is 12.1 Å². The van der Waals surface area contributed by atoms with E-state index in [1.165, 1.54) is 28.1 Å². The summed E-state index contributed by atoms with van der Waals surface area (Å²) in [7, 11) is 0. The molecule has 0 atom stereocenters. The van der Waals surface area contributed by atoms with Crippen LogP contribution in [0.1, 0.15) is 5.56 Å². The molecule has 1 aromatic carbocycles. The number of amides is 2. The Labute approximate surface area is 126 Å². The van der Waals surface area contributed by atoms with Gasteiger partial charge in [-0.3, -0.25) is 19.0 Å². The monoisotopic (exact) mass is 298 g/mol. The standard InChI is InChI=1S/C15H14N4O3/c20-13-9-19(15(22)7-17-13)12-3-1-11(2-4-12)8-18-10-16-6-5-14(18)21/h1-6,10H,7-9H2,(H,17,20). The van der Waals surface area contributed by atoms with Crippen molar-refractivity contribution in [3.63, 3.8) is 0 Å². The molecule has 2 amide bonds.